The van der Waals surface area contributed by atoms with Gasteiger partial charge in [0, 0.05) is 16.6 Å². The smallest absolute Gasteiger partial charge is 0.309 e. The summed E-state index contributed by atoms with van der Waals surface area (Å²) in [6, 6.07) is 7.12. The molecule has 0 spiro atoms. The minimum atomic E-state index is -0.902. The van der Waals surface area contributed by atoms with Gasteiger partial charge in [-0.3, -0.25) is 9.59 Å². The number of thiazole rings is 1. The molecule has 0 saturated carbocycles. The summed E-state index contributed by atoms with van der Waals surface area (Å²) in [4.78, 5) is 26.0. The van der Waals surface area contributed by atoms with E-state index < -0.39 is 5.97 Å². The number of nitrogens with zero attached hydrogens (tertiary/aromatic N) is 1. The molecule has 2 N–H and O–H groups in total. The van der Waals surface area contributed by atoms with Crippen molar-refractivity contribution in [3.8, 4) is 10.6 Å². The maximum absolute atomic E-state index is 11.1. The molecule has 0 unspecified atom stereocenters. The van der Waals surface area contributed by atoms with E-state index in [0.29, 0.717) is 11.4 Å². The number of carbonyl (C=O) groups is 2. The van der Waals surface area contributed by atoms with Gasteiger partial charge in [-0.15, -0.1) is 22.9 Å². The summed E-state index contributed by atoms with van der Waals surface area (Å²) in [5.74, 6) is -1.26. The molecule has 2 aromatic rings. The van der Waals surface area contributed by atoms with Crippen molar-refractivity contribution in [1.82, 2.24) is 4.98 Å². The predicted octanol–water partition coefficient (Wildman–Crippen LogP) is 2.61. The molecule has 104 valence electrons. The van der Waals surface area contributed by atoms with Crippen LogP contribution in [-0.4, -0.2) is 27.8 Å². The minimum Gasteiger partial charge on any atom is -0.481 e. The highest BCUT2D eigenvalue weighted by Gasteiger charge is 2.08. The first kappa shape index (κ1) is 14.5. The van der Waals surface area contributed by atoms with Gasteiger partial charge in [-0.2, -0.15) is 0 Å². The first-order chi connectivity index (χ1) is 9.58. The lowest BCUT2D eigenvalue weighted by atomic mass is 10.2. The summed E-state index contributed by atoms with van der Waals surface area (Å²) < 4.78 is 0. The number of halogens is 1. The Balaban J connectivity index is 2.11. The van der Waals surface area contributed by atoms with Crippen LogP contribution in [0.25, 0.3) is 10.6 Å². The average Bonchev–Trinajstić information content (AvgIpc) is 2.87. The van der Waals surface area contributed by atoms with E-state index in [1.54, 1.807) is 17.5 Å². The van der Waals surface area contributed by atoms with E-state index in [0.717, 1.165) is 10.6 Å². The molecule has 1 heterocycles. The number of nitrogens with one attached hydrogen (secondary N) is 1. The molecule has 0 aliphatic rings. The fourth-order valence-electron chi connectivity index (χ4n) is 1.57. The molecule has 5 nitrogen and oxygen atoms in total. The van der Waals surface area contributed by atoms with E-state index in [-0.39, 0.29) is 18.2 Å². The molecule has 1 aromatic carbocycles. The molecule has 0 bridgehead atoms. The largest absolute Gasteiger partial charge is 0.481 e. The Morgan fingerprint density at radius 2 is 2.00 bits per heavy atom. The Morgan fingerprint density at radius 3 is 2.60 bits per heavy atom. The Labute approximate surface area is 124 Å². The summed E-state index contributed by atoms with van der Waals surface area (Å²) in [5, 5.41) is 13.8. The summed E-state index contributed by atoms with van der Waals surface area (Å²) >= 11 is 6.79. The summed E-state index contributed by atoms with van der Waals surface area (Å²) in [7, 11) is 0. The van der Waals surface area contributed by atoms with Crippen LogP contribution in [-0.2, 0) is 16.0 Å². The Bertz CT molecular complexity index is 625. The van der Waals surface area contributed by atoms with Crippen LogP contribution in [0.5, 0.6) is 0 Å². The number of alkyl halides is 1. The van der Waals surface area contributed by atoms with Gasteiger partial charge in [-0.05, 0) is 24.3 Å². The van der Waals surface area contributed by atoms with Crippen LogP contribution >= 0.6 is 22.9 Å². The van der Waals surface area contributed by atoms with E-state index in [2.05, 4.69) is 10.3 Å². The van der Waals surface area contributed by atoms with E-state index in [1.165, 1.54) is 11.3 Å². The third-order valence-corrected chi connectivity index (χ3v) is 3.60. The first-order valence-electron chi connectivity index (χ1n) is 5.71. The lowest BCUT2D eigenvalue weighted by molar-refractivity contribution is -0.136. The number of aromatic nitrogens is 1. The van der Waals surface area contributed by atoms with E-state index in [1.807, 2.05) is 12.1 Å². The number of carboxylic acids is 1. The van der Waals surface area contributed by atoms with Crippen molar-refractivity contribution in [3.63, 3.8) is 0 Å². The number of aliphatic carboxylic acids is 1. The van der Waals surface area contributed by atoms with Gasteiger partial charge in [0.25, 0.3) is 0 Å². The van der Waals surface area contributed by atoms with Gasteiger partial charge in [0.15, 0.2) is 0 Å². The number of rotatable bonds is 5. The van der Waals surface area contributed by atoms with E-state index in [9.17, 15) is 9.59 Å². The van der Waals surface area contributed by atoms with Crippen LogP contribution in [0.4, 0.5) is 5.69 Å². The molecular formula is C13H11ClN2O3S. The van der Waals surface area contributed by atoms with Gasteiger partial charge in [-0.25, -0.2) is 4.98 Å². The Kier molecular flexibility index (Phi) is 4.70. The molecular weight excluding hydrogens is 300 g/mol. The van der Waals surface area contributed by atoms with Gasteiger partial charge in [0.05, 0.1) is 12.1 Å². The van der Waals surface area contributed by atoms with Crippen molar-refractivity contribution in [2.24, 2.45) is 0 Å². The zero-order valence-corrected chi connectivity index (χ0v) is 11.9. The molecule has 0 aliphatic heterocycles. The SMILES string of the molecule is O=C(O)Cc1csc(-c2ccc(NC(=O)CCl)cc2)n1. The predicted molar refractivity (Wildman–Crippen MR) is 78.2 cm³/mol. The number of amides is 1. The zero-order valence-electron chi connectivity index (χ0n) is 10.3. The molecule has 1 aromatic heterocycles. The highest BCUT2D eigenvalue weighted by molar-refractivity contribution is 7.13. The average molecular weight is 311 g/mol. The number of hydrogen-bond acceptors (Lipinski definition) is 4. The molecule has 0 atom stereocenters. The van der Waals surface area contributed by atoms with Gasteiger partial charge in [0.2, 0.25) is 5.91 Å². The fraction of sp³-hybridized carbons (Fsp3) is 0.154. The number of carbonyl (C=O) groups excluding carboxylic acids is 1. The van der Waals surface area contributed by atoms with Crippen LogP contribution in [0.15, 0.2) is 29.6 Å². The summed E-state index contributed by atoms with van der Waals surface area (Å²) in [6.45, 7) is 0. The van der Waals surface area contributed by atoms with E-state index >= 15 is 0 Å². The second-order valence-corrected chi connectivity index (χ2v) is 5.10. The Morgan fingerprint density at radius 1 is 1.30 bits per heavy atom. The zero-order chi connectivity index (χ0) is 14.5. The maximum Gasteiger partial charge on any atom is 0.309 e. The lowest BCUT2D eigenvalue weighted by Crippen LogP contribution is -2.12. The number of hydrogen-bond donors (Lipinski definition) is 2. The van der Waals surface area contributed by atoms with Crippen molar-refractivity contribution in [2.45, 2.75) is 6.42 Å². The van der Waals surface area contributed by atoms with Crippen molar-refractivity contribution in [2.75, 3.05) is 11.2 Å². The highest BCUT2D eigenvalue weighted by atomic mass is 35.5. The van der Waals surface area contributed by atoms with Crippen LogP contribution in [0.3, 0.4) is 0 Å². The van der Waals surface area contributed by atoms with Gasteiger partial charge < -0.3 is 10.4 Å². The highest BCUT2D eigenvalue weighted by Crippen LogP contribution is 2.25. The van der Waals surface area contributed by atoms with Crippen molar-refractivity contribution in [3.05, 3.63) is 35.3 Å². The molecule has 2 rings (SSSR count). The molecule has 1 amide bonds. The molecule has 0 fully saturated rings. The van der Waals surface area contributed by atoms with Crippen molar-refractivity contribution < 1.29 is 14.7 Å². The lowest BCUT2D eigenvalue weighted by Gasteiger charge is -2.03. The fourth-order valence-corrected chi connectivity index (χ4v) is 2.46. The molecule has 0 saturated heterocycles. The molecule has 20 heavy (non-hydrogen) atoms. The molecule has 0 aliphatic carbocycles. The number of anilines is 1. The minimum absolute atomic E-state index is 0.0830. The second kappa shape index (κ2) is 6.49. The molecule has 0 radical (unpaired) electrons. The van der Waals surface area contributed by atoms with Crippen LogP contribution in [0.1, 0.15) is 5.69 Å². The molecule has 7 heteroatoms. The maximum atomic E-state index is 11.1. The van der Waals surface area contributed by atoms with Gasteiger partial charge in [0.1, 0.15) is 10.9 Å². The standard InChI is InChI=1S/C13H11ClN2O3S/c14-6-11(17)15-9-3-1-8(2-4-9)13-16-10(7-20-13)5-12(18)19/h1-4,7H,5-6H2,(H,15,17)(H,18,19). The third-order valence-electron chi connectivity index (χ3n) is 2.42. The van der Waals surface area contributed by atoms with Gasteiger partial charge >= 0.3 is 5.97 Å². The summed E-state index contributed by atoms with van der Waals surface area (Å²) in [5.41, 5.74) is 2.06. The van der Waals surface area contributed by atoms with Crippen LogP contribution in [0, 0.1) is 0 Å². The second-order valence-electron chi connectivity index (χ2n) is 3.97. The van der Waals surface area contributed by atoms with E-state index in [4.69, 9.17) is 16.7 Å². The van der Waals surface area contributed by atoms with Crippen molar-refractivity contribution >= 4 is 40.5 Å². The van der Waals surface area contributed by atoms with Gasteiger partial charge in [-0.1, -0.05) is 0 Å². The topological polar surface area (TPSA) is 79.3 Å². The third kappa shape index (κ3) is 3.79. The quantitative estimate of drug-likeness (QED) is 0.832. The number of benzene rings is 1. The Hall–Kier alpha value is -1.92. The monoisotopic (exact) mass is 310 g/mol. The number of carboxylic acid groups (broad SMARTS) is 1. The van der Waals surface area contributed by atoms with Crippen LogP contribution in [0.2, 0.25) is 0 Å². The van der Waals surface area contributed by atoms with Crippen molar-refractivity contribution in [1.29, 1.82) is 0 Å². The van der Waals surface area contributed by atoms with Crippen LogP contribution < -0.4 is 5.32 Å². The normalized spacial score (nSPS) is 10.2. The summed E-state index contributed by atoms with van der Waals surface area (Å²) in [6.07, 6.45) is -0.0830. The first-order valence-corrected chi connectivity index (χ1v) is 7.12.